The Morgan fingerprint density at radius 2 is 2.11 bits per heavy atom. The van der Waals surface area contributed by atoms with Crippen LogP contribution in [0.3, 0.4) is 0 Å². The molecule has 2 aromatic rings. The number of nitrogens with zero attached hydrogens (tertiary/aromatic N) is 3. The molecule has 0 N–H and O–H groups in total. The Morgan fingerprint density at radius 1 is 1.41 bits per heavy atom. The Bertz CT molecular complexity index is 864. The number of oxazole rings is 1. The van der Waals surface area contributed by atoms with Crippen molar-refractivity contribution in [2.75, 3.05) is 31.6 Å². The van der Waals surface area contributed by atoms with Gasteiger partial charge in [-0.2, -0.15) is 4.98 Å². The lowest BCUT2D eigenvalue weighted by molar-refractivity contribution is 0.0216. The Labute approximate surface area is 171 Å². The minimum Gasteiger partial charge on any atom is -0.493 e. The maximum Gasteiger partial charge on any atom is 0.410 e. The molecule has 1 fully saturated rings. The minimum absolute atomic E-state index is 0.0135. The first kappa shape index (κ1) is 20.1. The summed E-state index contributed by atoms with van der Waals surface area (Å²) < 4.78 is 17.5. The third-order valence-electron chi connectivity index (χ3n) is 4.25. The zero-order chi connectivity index (χ0) is 19.9. The predicted molar refractivity (Wildman–Crippen MR) is 108 cm³/mol. The number of fused-ring (bicyclic) bond motifs is 1. The van der Waals surface area contributed by atoms with Gasteiger partial charge in [-0.05, 0) is 49.7 Å². The monoisotopic (exact) mass is 459 g/mol. The van der Waals surface area contributed by atoms with Crippen molar-refractivity contribution in [1.29, 1.82) is 0 Å². The third-order valence-corrected chi connectivity index (χ3v) is 5.12. The molecule has 9 heteroatoms. The van der Waals surface area contributed by atoms with Crippen LogP contribution in [0.2, 0.25) is 5.02 Å². The molecule has 1 aromatic carbocycles. The van der Waals surface area contributed by atoms with E-state index in [0.29, 0.717) is 52.0 Å². The molecule has 1 atom stereocenters. The number of hydrogen-bond donors (Lipinski definition) is 0. The van der Waals surface area contributed by atoms with Crippen LogP contribution < -0.4 is 9.64 Å². The molecule has 7 nitrogen and oxygen atoms in total. The summed E-state index contributed by atoms with van der Waals surface area (Å²) in [5.74, 6) is 0.477. The topological polar surface area (TPSA) is 68.0 Å². The number of carbonyl (C=O) groups is 1. The number of rotatable bonds is 2. The summed E-state index contributed by atoms with van der Waals surface area (Å²) in [6, 6.07) is 2.21. The molecule has 148 valence electrons. The number of halogens is 2. The first-order valence-electron chi connectivity index (χ1n) is 8.68. The number of aromatic nitrogens is 1. The summed E-state index contributed by atoms with van der Waals surface area (Å²) in [5.41, 5.74) is 0.626. The quantitative estimate of drug-likeness (QED) is 0.647. The summed E-state index contributed by atoms with van der Waals surface area (Å²) in [5, 5.41) is 0.458. The van der Waals surface area contributed by atoms with Crippen molar-refractivity contribution < 1.29 is 18.7 Å². The number of ether oxygens (including phenoxy) is 2. The molecule has 0 radical (unpaired) electrons. The van der Waals surface area contributed by atoms with E-state index in [1.807, 2.05) is 32.6 Å². The predicted octanol–water partition coefficient (Wildman–Crippen LogP) is 4.70. The van der Waals surface area contributed by atoms with E-state index in [4.69, 9.17) is 25.5 Å². The molecule has 1 aliphatic rings. The van der Waals surface area contributed by atoms with Gasteiger partial charge in [-0.1, -0.05) is 11.6 Å². The average Bonchev–Trinajstić information content (AvgIpc) is 2.98. The second-order valence-electron chi connectivity index (χ2n) is 7.52. The zero-order valence-electron chi connectivity index (χ0n) is 16.0. The van der Waals surface area contributed by atoms with Crippen LogP contribution in [0.4, 0.5) is 10.8 Å². The van der Waals surface area contributed by atoms with Crippen molar-refractivity contribution in [3.63, 3.8) is 0 Å². The van der Waals surface area contributed by atoms with Crippen molar-refractivity contribution in [3.05, 3.63) is 15.6 Å². The lowest BCUT2D eigenvalue weighted by Crippen LogP contribution is -2.54. The smallest absolute Gasteiger partial charge is 0.410 e. The van der Waals surface area contributed by atoms with E-state index in [9.17, 15) is 4.79 Å². The van der Waals surface area contributed by atoms with Gasteiger partial charge < -0.3 is 23.7 Å². The Hall–Kier alpha value is -1.67. The number of amides is 1. The summed E-state index contributed by atoms with van der Waals surface area (Å²) >= 11 is 9.69. The highest BCUT2D eigenvalue weighted by atomic mass is 79.9. The summed E-state index contributed by atoms with van der Waals surface area (Å²) in [7, 11) is 1.55. The van der Waals surface area contributed by atoms with Gasteiger partial charge in [0, 0.05) is 25.7 Å². The molecule has 3 rings (SSSR count). The van der Waals surface area contributed by atoms with Gasteiger partial charge in [-0.25, -0.2) is 4.79 Å². The molecule has 0 saturated carbocycles. The number of anilines is 1. The van der Waals surface area contributed by atoms with Gasteiger partial charge in [0.25, 0.3) is 6.01 Å². The number of piperazine rings is 1. The lowest BCUT2D eigenvalue weighted by atomic mass is 10.2. The van der Waals surface area contributed by atoms with Gasteiger partial charge in [-0.3, -0.25) is 0 Å². The molecule has 1 aliphatic heterocycles. The highest BCUT2D eigenvalue weighted by Crippen LogP contribution is 2.40. The fourth-order valence-corrected chi connectivity index (χ4v) is 3.94. The largest absolute Gasteiger partial charge is 0.493 e. The van der Waals surface area contributed by atoms with Crippen LogP contribution in [-0.4, -0.2) is 54.4 Å². The zero-order valence-corrected chi connectivity index (χ0v) is 18.3. The average molecular weight is 461 g/mol. The molecular weight excluding hydrogens is 438 g/mol. The molecule has 1 aromatic heterocycles. The van der Waals surface area contributed by atoms with Crippen LogP contribution in [0.25, 0.3) is 11.1 Å². The summed E-state index contributed by atoms with van der Waals surface area (Å²) in [4.78, 5) is 20.7. The van der Waals surface area contributed by atoms with Gasteiger partial charge in [0.2, 0.25) is 0 Å². The van der Waals surface area contributed by atoms with E-state index in [2.05, 4.69) is 20.9 Å². The highest BCUT2D eigenvalue weighted by molar-refractivity contribution is 9.10. The van der Waals surface area contributed by atoms with E-state index < -0.39 is 5.60 Å². The van der Waals surface area contributed by atoms with Crippen molar-refractivity contribution >= 4 is 50.7 Å². The third kappa shape index (κ3) is 4.11. The molecular formula is C18H23BrClN3O4. The van der Waals surface area contributed by atoms with Gasteiger partial charge in [-0.15, -0.1) is 0 Å². The van der Waals surface area contributed by atoms with Gasteiger partial charge in [0.15, 0.2) is 16.8 Å². The number of carbonyl (C=O) groups excluding carboxylic acids is 1. The molecule has 0 spiro atoms. The summed E-state index contributed by atoms with van der Waals surface area (Å²) in [6.45, 7) is 9.23. The number of benzene rings is 1. The normalized spacial score (nSPS) is 18.1. The molecule has 1 amide bonds. The van der Waals surface area contributed by atoms with E-state index in [-0.39, 0.29) is 12.1 Å². The Morgan fingerprint density at radius 3 is 2.70 bits per heavy atom. The van der Waals surface area contributed by atoms with Crippen LogP contribution in [0, 0.1) is 0 Å². The van der Waals surface area contributed by atoms with E-state index >= 15 is 0 Å². The van der Waals surface area contributed by atoms with E-state index in [0.717, 1.165) is 0 Å². The Kier molecular flexibility index (Phi) is 5.49. The van der Waals surface area contributed by atoms with E-state index in [1.54, 1.807) is 18.1 Å². The van der Waals surface area contributed by atoms with Crippen molar-refractivity contribution in [1.82, 2.24) is 9.88 Å². The molecule has 2 heterocycles. The lowest BCUT2D eigenvalue weighted by Gasteiger charge is -2.39. The molecule has 27 heavy (non-hydrogen) atoms. The van der Waals surface area contributed by atoms with Crippen LogP contribution in [-0.2, 0) is 4.74 Å². The van der Waals surface area contributed by atoms with Gasteiger partial charge in [0.05, 0.1) is 16.6 Å². The molecule has 0 bridgehead atoms. The molecule has 0 aliphatic carbocycles. The SMILES string of the molecule is COc1c(Cl)cc(Br)c2oc(N3CCN(C(=O)OC(C)(C)C)C[C@@H]3C)nc12. The second-order valence-corrected chi connectivity index (χ2v) is 8.78. The Balaban J connectivity index is 1.82. The second kappa shape index (κ2) is 7.39. The standard InChI is InChI=1S/C18H23BrClN3O4/c1-10-9-22(17(24)27-18(2,3)4)6-7-23(10)16-21-13-14(26-16)11(19)8-12(20)15(13)25-5/h8,10H,6-7,9H2,1-5H3/t10-/m0/s1. The van der Waals surface area contributed by atoms with Crippen molar-refractivity contribution in [2.24, 2.45) is 0 Å². The maximum absolute atomic E-state index is 12.3. The van der Waals surface area contributed by atoms with Gasteiger partial charge in [0.1, 0.15) is 5.60 Å². The first-order valence-corrected chi connectivity index (χ1v) is 9.85. The number of hydrogen-bond acceptors (Lipinski definition) is 6. The molecule has 1 saturated heterocycles. The summed E-state index contributed by atoms with van der Waals surface area (Å²) in [6.07, 6.45) is -0.303. The minimum atomic E-state index is -0.514. The first-order chi connectivity index (χ1) is 12.6. The van der Waals surface area contributed by atoms with Gasteiger partial charge >= 0.3 is 6.09 Å². The maximum atomic E-state index is 12.3. The van der Waals surface area contributed by atoms with Crippen LogP contribution in [0.1, 0.15) is 27.7 Å². The fraction of sp³-hybridized carbons (Fsp3) is 0.556. The van der Waals surface area contributed by atoms with E-state index in [1.165, 1.54) is 0 Å². The van der Waals surface area contributed by atoms with Crippen LogP contribution in [0.5, 0.6) is 5.75 Å². The van der Waals surface area contributed by atoms with Crippen molar-refractivity contribution in [2.45, 2.75) is 39.3 Å². The highest BCUT2D eigenvalue weighted by Gasteiger charge is 2.32. The van der Waals surface area contributed by atoms with Crippen LogP contribution >= 0.6 is 27.5 Å². The molecule has 0 unspecified atom stereocenters. The van der Waals surface area contributed by atoms with Crippen LogP contribution in [0.15, 0.2) is 15.0 Å². The number of methoxy groups -OCH3 is 1. The fourth-order valence-electron chi connectivity index (χ4n) is 3.03. The van der Waals surface area contributed by atoms with Crippen molar-refractivity contribution in [3.8, 4) is 5.75 Å².